The number of allylic oxidation sites excluding steroid dienone is 1. The van der Waals surface area contributed by atoms with Crippen molar-refractivity contribution in [3.05, 3.63) is 82.4 Å². The number of thioether (sulfide) groups is 1. The molecule has 4 aromatic rings. The number of amides is 1. The first kappa shape index (κ1) is 25.2. The predicted molar refractivity (Wildman–Crippen MR) is 145 cm³/mol. The zero-order valence-corrected chi connectivity index (χ0v) is 22.5. The van der Waals surface area contributed by atoms with Crippen LogP contribution in [0.15, 0.2) is 76.2 Å². The lowest BCUT2D eigenvalue weighted by atomic mass is 10.2. The molecule has 7 nitrogen and oxygen atoms in total. The van der Waals surface area contributed by atoms with Gasteiger partial charge in [0, 0.05) is 22.0 Å². The summed E-state index contributed by atoms with van der Waals surface area (Å²) in [7, 11) is 0. The summed E-state index contributed by atoms with van der Waals surface area (Å²) in [6.45, 7) is 8.31. The number of nitrogens with one attached hydrogen (secondary N) is 1. The van der Waals surface area contributed by atoms with Crippen molar-refractivity contribution in [2.45, 2.75) is 31.7 Å². The Morgan fingerprint density at radius 3 is 2.69 bits per heavy atom. The van der Waals surface area contributed by atoms with Crippen LogP contribution >= 0.6 is 39.0 Å². The molecule has 0 spiro atoms. The van der Waals surface area contributed by atoms with Crippen molar-refractivity contribution >= 4 is 50.1 Å². The third-order valence-corrected chi connectivity index (χ3v) is 7.23. The van der Waals surface area contributed by atoms with Gasteiger partial charge in [-0.2, -0.15) is 0 Å². The third-order valence-electron chi connectivity index (χ3n) is 4.98. The lowest BCUT2D eigenvalue weighted by Gasteiger charge is -2.15. The van der Waals surface area contributed by atoms with Crippen molar-refractivity contribution in [3.8, 4) is 17.0 Å². The summed E-state index contributed by atoms with van der Waals surface area (Å²) in [4.78, 5) is 17.1. The van der Waals surface area contributed by atoms with Crippen LogP contribution in [-0.4, -0.2) is 31.4 Å². The summed E-state index contributed by atoms with van der Waals surface area (Å²) in [5, 5.41) is 14.6. The van der Waals surface area contributed by atoms with Crippen LogP contribution in [0.4, 0.5) is 5.13 Å². The Hall–Kier alpha value is -2.95. The van der Waals surface area contributed by atoms with Crippen molar-refractivity contribution in [1.29, 1.82) is 0 Å². The molecular weight excluding hydrogens is 546 g/mol. The summed E-state index contributed by atoms with van der Waals surface area (Å²) in [6, 6.07) is 15.7. The number of ether oxygens (including phenoxy) is 1. The highest BCUT2D eigenvalue weighted by Gasteiger charge is 2.20. The molecule has 0 bridgehead atoms. The van der Waals surface area contributed by atoms with Crippen LogP contribution in [0.5, 0.6) is 5.75 Å². The molecular formula is C25H24BrN5O2S2. The van der Waals surface area contributed by atoms with E-state index in [0.29, 0.717) is 22.7 Å². The van der Waals surface area contributed by atoms with Gasteiger partial charge in [-0.25, -0.2) is 4.98 Å². The van der Waals surface area contributed by atoms with E-state index in [2.05, 4.69) is 43.0 Å². The Morgan fingerprint density at radius 2 is 1.97 bits per heavy atom. The number of carbonyl (C=O) groups is 1. The van der Waals surface area contributed by atoms with Crippen LogP contribution in [0.2, 0.25) is 0 Å². The van der Waals surface area contributed by atoms with Crippen molar-refractivity contribution in [2.75, 3.05) is 11.1 Å². The smallest absolute Gasteiger partial charge is 0.236 e. The number of anilines is 1. The summed E-state index contributed by atoms with van der Waals surface area (Å²) >= 11 is 6.14. The molecule has 180 valence electrons. The van der Waals surface area contributed by atoms with Gasteiger partial charge >= 0.3 is 0 Å². The number of halogens is 1. The van der Waals surface area contributed by atoms with E-state index in [-0.39, 0.29) is 17.8 Å². The van der Waals surface area contributed by atoms with Gasteiger partial charge in [-0.15, -0.1) is 28.1 Å². The van der Waals surface area contributed by atoms with Crippen LogP contribution in [-0.2, 0) is 11.3 Å². The topological polar surface area (TPSA) is 81.9 Å². The molecule has 2 aromatic carbocycles. The number of carbonyl (C=O) groups excluding carboxylic acids is 1. The third kappa shape index (κ3) is 6.59. The molecule has 0 aliphatic rings. The number of aromatic nitrogens is 4. The van der Waals surface area contributed by atoms with Crippen molar-refractivity contribution in [2.24, 2.45) is 0 Å². The molecule has 35 heavy (non-hydrogen) atoms. The summed E-state index contributed by atoms with van der Waals surface area (Å²) in [6.07, 6.45) is 1.45. The quantitative estimate of drug-likeness (QED) is 0.173. The number of nitrogens with zero attached hydrogens (tertiary/aromatic N) is 4. The van der Waals surface area contributed by atoms with Gasteiger partial charge in [0.25, 0.3) is 0 Å². The van der Waals surface area contributed by atoms with E-state index in [1.807, 2.05) is 72.3 Å². The minimum absolute atomic E-state index is 0.162. The fourth-order valence-corrected chi connectivity index (χ4v) is 5.01. The number of benzene rings is 2. The molecule has 0 aliphatic carbocycles. The molecule has 1 unspecified atom stereocenters. The van der Waals surface area contributed by atoms with Gasteiger partial charge in [0.1, 0.15) is 5.75 Å². The minimum atomic E-state index is -0.319. The number of rotatable bonds is 10. The monoisotopic (exact) mass is 569 g/mol. The first-order valence-electron chi connectivity index (χ1n) is 10.8. The van der Waals surface area contributed by atoms with Crippen LogP contribution in [0.25, 0.3) is 11.3 Å². The molecule has 1 amide bonds. The minimum Gasteiger partial charge on any atom is -0.483 e. The average Bonchev–Trinajstić information content (AvgIpc) is 3.47. The Balaban J connectivity index is 1.38. The van der Waals surface area contributed by atoms with E-state index >= 15 is 0 Å². The Morgan fingerprint density at radius 1 is 1.23 bits per heavy atom. The lowest BCUT2D eigenvalue weighted by Crippen LogP contribution is -2.15. The van der Waals surface area contributed by atoms with Crippen LogP contribution in [0, 0.1) is 6.92 Å². The van der Waals surface area contributed by atoms with Crippen LogP contribution in [0.1, 0.15) is 24.4 Å². The van der Waals surface area contributed by atoms with E-state index in [1.165, 1.54) is 28.7 Å². The first-order chi connectivity index (χ1) is 16.9. The standard InChI is InChI=1S/C25H24BrN5O2S2/c1-4-13-31-23(17(3)33-20-11-5-16(2)6-12-20)29-30-25(31)35-15-22(32)28-24-27-21(14-34-24)18-7-9-19(26)10-8-18/h4-12,14,17H,1,13,15H2,2-3H3,(H,27,28,32). The number of hydrogen-bond acceptors (Lipinski definition) is 7. The fraction of sp³-hybridized carbons (Fsp3) is 0.200. The van der Waals surface area contributed by atoms with Gasteiger partial charge in [0.15, 0.2) is 22.2 Å². The van der Waals surface area contributed by atoms with E-state index in [0.717, 1.165) is 21.5 Å². The van der Waals surface area contributed by atoms with Gasteiger partial charge in [-0.1, -0.05) is 63.6 Å². The number of thiazole rings is 1. The second-order valence-corrected chi connectivity index (χ2v) is 10.4. The molecule has 1 N–H and O–H groups in total. The Kier molecular flexibility index (Phi) is 8.37. The van der Waals surface area contributed by atoms with E-state index < -0.39 is 0 Å². The van der Waals surface area contributed by atoms with Crippen molar-refractivity contribution in [1.82, 2.24) is 19.7 Å². The maximum atomic E-state index is 12.6. The fourth-order valence-electron chi connectivity index (χ4n) is 3.25. The molecule has 2 heterocycles. The number of aryl methyl sites for hydroxylation is 1. The largest absolute Gasteiger partial charge is 0.483 e. The second kappa shape index (κ2) is 11.7. The van der Waals surface area contributed by atoms with Gasteiger partial charge in [-0.05, 0) is 38.1 Å². The van der Waals surface area contributed by atoms with Gasteiger partial charge in [0.2, 0.25) is 5.91 Å². The average molecular weight is 571 g/mol. The van der Waals surface area contributed by atoms with E-state index in [1.54, 1.807) is 6.08 Å². The summed E-state index contributed by atoms with van der Waals surface area (Å²) in [5.74, 6) is 1.45. The van der Waals surface area contributed by atoms with Gasteiger partial charge in [-0.3, -0.25) is 9.36 Å². The molecule has 1 atom stereocenters. The van der Waals surface area contributed by atoms with Gasteiger partial charge < -0.3 is 10.1 Å². The highest BCUT2D eigenvalue weighted by Crippen LogP contribution is 2.27. The first-order valence-corrected chi connectivity index (χ1v) is 13.5. The highest BCUT2D eigenvalue weighted by molar-refractivity contribution is 9.10. The molecule has 2 aromatic heterocycles. The molecule has 0 aliphatic heterocycles. The number of hydrogen-bond donors (Lipinski definition) is 1. The second-order valence-electron chi connectivity index (χ2n) is 7.69. The summed E-state index contributed by atoms with van der Waals surface area (Å²) < 4.78 is 8.97. The van der Waals surface area contributed by atoms with Gasteiger partial charge in [0.05, 0.1) is 11.4 Å². The zero-order chi connectivity index (χ0) is 24.8. The zero-order valence-electron chi connectivity index (χ0n) is 19.3. The van der Waals surface area contributed by atoms with Crippen molar-refractivity contribution < 1.29 is 9.53 Å². The summed E-state index contributed by atoms with van der Waals surface area (Å²) in [5.41, 5.74) is 2.98. The van der Waals surface area contributed by atoms with E-state index in [9.17, 15) is 4.79 Å². The Bertz CT molecular complexity index is 1300. The Labute approximate surface area is 220 Å². The normalized spacial score (nSPS) is 11.7. The SMILES string of the molecule is C=CCn1c(SCC(=O)Nc2nc(-c3ccc(Br)cc3)cs2)nnc1C(C)Oc1ccc(C)cc1. The predicted octanol–water partition coefficient (Wildman–Crippen LogP) is 6.53. The molecule has 0 saturated heterocycles. The molecule has 0 saturated carbocycles. The lowest BCUT2D eigenvalue weighted by molar-refractivity contribution is -0.113. The maximum Gasteiger partial charge on any atom is 0.236 e. The molecule has 4 rings (SSSR count). The maximum absolute atomic E-state index is 12.6. The van der Waals surface area contributed by atoms with Crippen LogP contribution < -0.4 is 10.1 Å². The van der Waals surface area contributed by atoms with Crippen molar-refractivity contribution in [3.63, 3.8) is 0 Å². The molecule has 0 fully saturated rings. The molecule has 10 heteroatoms. The van der Waals surface area contributed by atoms with E-state index in [4.69, 9.17) is 4.74 Å². The highest BCUT2D eigenvalue weighted by atomic mass is 79.9. The van der Waals surface area contributed by atoms with Crippen LogP contribution in [0.3, 0.4) is 0 Å². The molecule has 0 radical (unpaired) electrons.